The van der Waals surface area contributed by atoms with Crippen LogP contribution in [0.2, 0.25) is 0 Å². The van der Waals surface area contributed by atoms with Crippen LogP contribution in [0.1, 0.15) is 21.6 Å². The first-order valence-corrected chi connectivity index (χ1v) is 6.18. The van der Waals surface area contributed by atoms with Gasteiger partial charge in [0, 0.05) is 17.7 Å². The standard InChI is InChI=1S/C16H12N2O3/c19-15(7-6-12-4-2-1-3-5-12)18-11-14-10-13(16(20)21)8-9-17-14/h1-5,8-10H,11H2,(H,18,19)(H,20,21). The number of hydrogen-bond donors (Lipinski definition) is 2. The Labute approximate surface area is 121 Å². The second-order valence-corrected chi connectivity index (χ2v) is 4.14. The third-order valence-electron chi connectivity index (χ3n) is 2.59. The highest BCUT2D eigenvalue weighted by atomic mass is 16.4. The summed E-state index contributed by atoms with van der Waals surface area (Å²) >= 11 is 0. The smallest absolute Gasteiger partial charge is 0.335 e. The normalized spacial score (nSPS) is 9.33. The van der Waals surface area contributed by atoms with Gasteiger partial charge in [0.15, 0.2) is 0 Å². The number of nitrogens with one attached hydrogen (secondary N) is 1. The molecule has 0 atom stereocenters. The van der Waals surface area contributed by atoms with E-state index in [-0.39, 0.29) is 12.1 Å². The van der Waals surface area contributed by atoms with Crippen LogP contribution in [-0.4, -0.2) is 22.0 Å². The Bertz CT molecular complexity index is 715. The van der Waals surface area contributed by atoms with Crippen molar-refractivity contribution in [3.05, 3.63) is 65.5 Å². The second-order valence-electron chi connectivity index (χ2n) is 4.14. The number of pyridine rings is 1. The highest BCUT2D eigenvalue weighted by Crippen LogP contribution is 2.01. The lowest BCUT2D eigenvalue weighted by Crippen LogP contribution is -2.21. The molecule has 2 N–H and O–H groups in total. The Kier molecular flexibility index (Phi) is 4.67. The van der Waals surface area contributed by atoms with Gasteiger partial charge in [-0.05, 0) is 24.3 Å². The van der Waals surface area contributed by atoms with Crippen molar-refractivity contribution in [3.63, 3.8) is 0 Å². The molecule has 5 heteroatoms. The highest BCUT2D eigenvalue weighted by Gasteiger charge is 2.04. The zero-order valence-electron chi connectivity index (χ0n) is 11.0. The molecule has 2 aromatic rings. The van der Waals surface area contributed by atoms with Gasteiger partial charge in [0.1, 0.15) is 0 Å². The van der Waals surface area contributed by atoms with E-state index in [0.29, 0.717) is 5.69 Å². The molecular weight excluding hydrogens is 268 g/mol. The van der Waals surface area contributed by atoms with E-state index in [1.807, 2.05) is 18.2 Å². The number of carbonyl (C=O) groups is 2. The summed E-state index contributed by atoms with van der Waals surface area (Å²) in [5, 5.41) is 11.4. The van der Waals surface area contributed by atoms with Crippen LogP contribution in [0.5, 0.6) is 0 Å². The monoisotopic (exact) mass is 280 g/mol. The van der Waals surface area contributed by atoms with E-state index in [4.69, 9.17) is 5.11 Å². The van der Waals surface area contributed by atoms with Crippen molar-refractivity contribution in [3.8, 4) is 11.8 Å². The summed E-state index contributed by atoms with van der Waals surface area (Å²) in [6, 6.07) is 11.9. The Balaban J connectivity index is 1.94. The molecule has 2 rings (SSSR count). The van der Waals surface area contributed by atoms with Crippen LogP contribution >= 0.6 is 0 Å². The third-order valence-corrected chi connectivity index (χ3v) is 2.59. The topological polar surface area (TPSA) is 79.3 Å². The van der Waals surface area contributed by atoms with Crippen molar-refractivity contribution in [2.75, 3.05) is 0 Å². The molecule has 104 valence electrons. The number of aromatic nitrogens is 1. The number of rotatable bonds is 3. The van der Waals surface area contributed by atoms with Crippen LogP contribution in [0.25, 0.3) is 0 Å². The number of carbonyl (C=O) groups excluding carboxylic acids is 1. The van der Waals surface area contributed by atoms with Crippen LogP contribution in [0, 0.1) is 11.8 Å². The minimum Gasteiger partial charge on any atom is -0.478 e. The van der Waals surface area contributed by atoms with Crippen molar-refractivity contribution in [1.29, 1.82) is 0 Å². The molecule has 5 nitrogen and oxygen atoms in total. The van der Waals surface area contributed by atoms with E-state index in [1.165, 1.54) is 18.3 Å². The Morgan fingerprint density at radius 2 is 1.95 bits per heavy atom. The highest BCUT2D eigenvalue weighted by molar-refractivity contribution is 5.94. The van der Waals surface area contributed by atoms with Crippen LogP contribution in [0.4, 0.5) is 0 Å². The van der Waals surface area contributed by atoms with E-state index in [9.17, 15) is 9.59 Å². The average molecular weight is 280 g/mol. The van der Waals surface area contributed by atoms with Crippen molar-refractivity contribution in [2.45, 2.75) is 6.54 Å². The van der Waals surface area contributed by atoms with Crippen molar-refractivity contribution < 1.29 is 14.7 Å². The average Bonchev–Trinajstić information content (AvgIpc) is 2.52. The van der Waals surface area contributed by atoms with E-state index >= 15 is 0 Å². The summed E-state index contributed by atoms with van der Waals surface area (Å²) < 4.78 is 0. The maximum absolute atomic E-state index is 11.6. The van der Waals surface area contributed by atoms with Gasteiger partial charge in [-0.3, -0.25) is 9.78 Å². The fraction of sp³-hybridized carbons (Fsp3) is 0.0625. The number of benzene rings is 1. The van der Waals surface area contributed by atoms with Crippen molar-refractivity contribution >= 4 is 11.9 Å². The maximum Gasteiger partial charge on any atom is 0.335 e. The first-order valence-electron chi connectivity index (χ1n) is 6.18. The number of aromatic carboxylic acids is 1. The van der Waals surface area contributed by atoms with Gasteiger partial charge in [-0.1, -0.05) is 24.1 Å². The summed E-state index contributed by atoms with van der Waals surface area (Å²) in [4.78, 5) is 26.4. The molecule has 1 aromatic carbocycles. The quantitative estimate of drug-likeness (QED) is 0.834. The minimum absolute atomic E-state index is 0.128. The first kappa shape index (κ1) is 14.3. The lowest BCUT2D eigenvalue weighted by Gasteiger charge is -2.01. The second kappa shape index (κ2) is 6.87. The maximum atomic E-state index is 11.6. The molecule has 0 saturated heterocycles. The molecule has 0 radical (unpaired) electrons. The van der Waals surface area contributed by atoms with E-state index in [2.05, 4.69) is 22.1 Å². The number of hydrogen-bond acceptors (Lipinski definition) is 3. The zero-order valence-corrected chi connectivity index (χ0v) is 11.0. The Morgan fingerprint density at radius 1 is 1.19 bits per heavy atom. The summed E-state index contributed by atoms with van der Waals surface area (Å²) in [7, 11) is 0. The van der Waals surface area contributed by atoms with Crippen LogP contribution in [-0.2, 0) is 11.3 Å². The summed E-state index contributed by atoms with van der Waals surface area (Å²) in [5.41, 5.74) is 1.34. The molecule has 0 aliphatic carbocycles. The van der Waals surface area contributed by atoms with E-state index < -0.39 is 11.9 Å². The molecule has 1 aromatic heterocycles. The van der Waals surface area contributed by atoms with Gasteiger partial charge in [0.05, 0.1) is 17.8 Å². The molecule has 21 heavy (non-hydrogen) atoms. The van der Waals surface area contributed by atoms with Gasteiger partial charge >= 0.3 is 5.97 Å². The lowest BCUT2D eigenvalue weighted by atomic mass is 10.2. The summed E-state index contributed by atoms with van der Waals surface area (Å²) in [5.74, 6) is 3.72. The molecule has 0 aliphatic heterocycles. The molecule has 0 unspecified atom stereocenters. The predicted octanol–water partition coefficient (Wildman–Crippen LogP) is 1.45. The van der Waals surface area contributed by atoms with Crippen molar-refractivity contribution in [1.82, 2.24) is 10.3 Å². The predicted molar refractivity (Wildman–Crippen MR) is 76.4 cm³/mol. The first-order chi connectivity index (χ1) is 10.1. The van der Waals surface area contributed by atoms with Gasteiger partial charge in [-0.25, -0.2) is 4.79 Å². The van der Waals surface area contributed by atoms with Crippen LogP contribution in [0.15, 0.2) is 48.7 Å². The molecule has 0 saturated carbocycles. The molecular formula is C16H12N2O3. The summed E-state index contributed by atoms with van der Waals surface area (Å²) in [6.45, 7) is 0.128. The van der Waals surface area contributed by atoms with Crippen molar-refractivity contribution in [2.24, 2.45) is 0 Å². The third kappa shape index (κ3) is 4.48. The van der Waals surface area contributed by atoms with Gasteiger partial charge in [0.2, 0.25) is 0 Å². The van der Waals surface area contributed by atoms with Gasteiger partial charge in [-0.2, -0.15) is 0 Å². The van der Waals surface area contributed by atoms with Gasteiger partial charge in [0.25, 0.3) is 5.91 Å². The minimum atomic E-state index is -1.03. The summed E-state index contributed by atoms with van der Waals surface area (Å²) in [6.07, 6.45) is 1.39. The number of nitrogens with zero attached hydrogens (tertiary/aromatic N) is 1. The number of carboxylic acids is 1. The molecule has 1 heterocycles. The molecule has 1 amide bonds. The fourth-order valence-electron chi connectivity index (χ4n) is 1.57. The molecule has 0 fully saturated rings. The van der Waals surface area contributed by atoms with Gasteiger partial charge in [-0.15, -0.1) is 0 Å². The SMILES string of the molecule is O=C(C#Cc1ccccc1)NCc1cc(C(=O)O)ccn1. The van der Waals surface area contributed by atoms with Gasteiger partial charge < -0.3 is 10.4 Å². The fourth-order valence-corrected chi connectivity index (χ4v) is 1.57. The number of carboxylic acid groups (broad SMARTS) is 1. The zero-order chi connectivity index (χ0) is 15.1. The Morgan fingerprint density at radius 3 is 2.67 bits per heavy atom. The molecule has 0 aliphatic rings. The largest absolute Gasteiger partial charge is 0.478 e. The molecule has 0 spiro atoms. The Hall–Kier alpha value is -3.13. The lowest BCUT2D eigenvalue weighted by molar-refractivity contribution is -0.115. The number of amides is 1. The van der Waals surface area contributed by atoms with Crippen LogP contribution in [0.3, 0.4) is 0 Å². The van der Waals surface area contributed by atoms with E-state index in [0.717, 1.165) is 5.56 Å². The van der Waals surface area contributed by atoms with Crippen LogP contribution < -0.4 is 5.32 Å². The van der Waals surface area contributed by atoms with E-state index in [1.54, 1.807) is 12.1 Å². The molecule has 0 bridgehead atoms.